The van der Waals surface area contributed by atoms with Gasteiger partial charge in [-0.2, -0.15) is 0 Å². The zero-order chi connectivity index (χ0) is 12.0. The van der Waals surface area contributed by atoms with Crippen molar-refractivity contribution in [3.8, 4) is 0 Å². The van der Waals surface area contributed by atoms with Gasteiger partial charge < -0.3 is 11.1 Å². The maximum atomic E-state index is 5.96. The standard InChI is InChI=1S/C12H23N3S/c1-4-5-11(13)6-7-14-10(3)12-15-8-9(2)16-12/h8,10-11,14H,4-7,13H2,1-3H3. The summed E-state index contributed by atoms with van der Waals surface area (Å²) >= 11 is 1.76. The molecule has 2 atom stereocenters. The van der Waals surface area contributed by atoms with Crippen LogP contribution in [0.5, 0.6) is 0 Å². The van der Waals surface area contributed by atoms with Crippen molar-refractivity contribution in [2.24, 2.45) is 5.73 Å². The molecular formula is C12H23N3S. The van der Waals surface area contributed by atoms with Crippen LogP contribution in [0.15, 0.2) is 6.20 Å². The molecule has 0 saturated heterocycles. The van der Waals surface area contributed by atoms with Gasteiger partial charge in [-0.25, -0.2) is 4.98 Å². The van der Waals surface area contributed by atoms with Crippen LogP contribution >= 0.6 is 11.3 Å². The van der Waals surface area contributed by atoms with Crippen LogP contribution in [0.2, 0.25) is 0 Å². The van der Waals surface area contributed by atoms with E-state index in [-0.39, 0.29) is 0 Å². The first kappa shape index (κ1) is 13.6. The van der Waals surface area contributed by atoms with E-state index in [0.717, 1.165) is 19.4 Å². The fourth-order valence-corrected chi connectivity index (χ4v) is 2.46. The third-order valence-electron chi connectivity index (χ3n) is 2.63. The molecule has 1 heterocycles. The topological polar surface area (TPSA) is 50.9 Å². The summed E-state index contributed by atoms with van der Waals surface area (Å²) < 4.78 is 0. The van der Waals surface area contributed by atoms with Gasteiger partial charge in [0.15, 0.2) is 0 Å². The van der Waals surface area contributed by atoms with Crippen molar-refractivity contribution >= 4 is 11.3 Å². The SMILES string of the molecule is CCCC(N)CCNC(C)c1ncc(C)s1. The predicted molar refractivity (Wildman–Crippen MR) is 70.8 cm³/mol. The number of thiazole rings is 1. The average molecular weight is 241 g/mol. The first-order valence-corrected chi connectivity index (χ1v) is 6.86. The van der Waals surface area contributed by atoms with Gasteiger partial charge in [0.25, 0.3) is 0 Å². The first-order valence-electron chi connectivity index (χ1n) is 6.04. The molecule has 0 aliphatic rings. The molecule has 92 valence electrons. The Kier molecular flexibility index (Phi) is 5.95. The van der Waals surface area contributed by atoms with Crippen LogP contribution in [0.25, 0.3) is 0 Å². The van der Waals surface area contributed by atoms with Crippen molar-refractivity contribution in [2.75, 3.05) is 6.54 Å². The van der Waals surface area contributed by atoms with E-state index in [9.17, 15) is 0 Å². The van der Waals surface area contributed by atoms with E-state index in [1.165, 1.54) is 16.3 Å². The number of nitrogens with zero attached hydrogens (tertiary/aromatic N) is 1. The lowest BCUT2D eigenvalue weighted by Gasteiger charge is -2.14. The van der Waals surface area contributed by atoms with Crippen LogP contribution in [0.1, 0.15) is 49.0 Å². The van der Waals surface area contributed by atoms with Gasteiger partial charge >= 0.3 is 0 Å². The van der Waals surface area contributed by atoms with Gasteiger partial charge in [0.2, 0.25) is 0 Å². The van der Waals surface area contributed by atoms with E-state index >= 15 is 0 Å². The van der Waals surface area contributed by atoms with Crippen molar-refractivity contribution < 1.29 is 0 Å². The molecule has 0 aliphatic heterocycles. The Morgan fingerprint density at radius 1 is 1.50 bits per heavy atom. The Morgan fingerprint density at radius 3 is 2.81 bits per heavy atom. The van der Waals surface area contributed by atoms with Crippen LogP contribution in [0.4, 0.5) is 0 Å². The first-order chi connectivity index (χ1) is 7.63. The minimum absolute atomic E-state index is 0.336. The van der Waals surface area contributed by atoms with E-state index in [0.29, 0.717) is 12.1 Å². The van der Waals surface area contributed by atoms with Crippen LogP contribution in [-0.2, 0) is 0 Å². The van der Waals surface area contributed by atoms with E-state index in [1.54, 1.807) is 11.3 Å². The highest BCUT2D eigenvalue weighted by Crippen LogP contribution is 2.18. The number of nitrogens with one attached hydrogen (secondary N) is 1. The molecule has 0 amide bonds. The van der Waals surface area contributed by atoms with Gasteiger partial charge in [-0.3, -0.25) is 0 Å². The zero-order valence-corrected chi connectivity index (χ0v) is 11.3. The molecule has 4 heteroatoms. The molecule has 1 aromatic heterocycles. The third-order valence-corrected chi connectivity index (χ3v) is 3.73. The number of hydrogen-bond acceptors (Lipinski definition) is 4. The minimum atomic E-state index is 0.336. The van der Waals surface area contributed by atoms with Crippen LogP contribution in [-0.4, -0.2) is 17.6 Å². The number of hydrogen-bond donors (Lipinski definition) is 2. The molecule has 0 aliphatic carbocycles. The summed E-state index contributed by atoms with van der Waals surface area (Å²) in [6, 6.07) is 0.676. The highest BCUT2D eigenvalue weighted by Gasteiger charge is 2.09. The van der Waals surface area contributed by atoms with Crippen LogP contribution in [0, 0.1) is 6.92 Å². The lowest BCUT2D eigenvalue weighted by atomic mass is 10.1. The Hall–Kier alpha value is -0.450. The van der Waals surface area contributed by atoms with Crippen molar-refractivity contribution in [1.82, 2.24) is 10.3 Å². The third kappa shape index (κ3) is 4.60. The predicted octanol–water partition coefficient (Wildman–Crippen LogP) is 2.62. The van der Waals surface area contributed by atoms with Gasteiger partial charge in [0.1, 0.15) is 5.01 Å². The van der Waals surface area contributed by atoms with Crippen LogP contribution < -0.4 is 11.1 Å². The minimum Gasteiger partial charge on any atom is -0.328 e. The van der Waals surface area contributed by atoms with Crippen LogP contribution in [0.3, 0.4) is 0 Å². The summed E-state index contributed by atoms with van der Waals surface area (Å²) in [5, 5.41) is 4.64. The molecule has 16 heavy (non-hydrogen) atoms. The maximum Gasteiger partial charge on any atom is 0.109 e. The lowest BCUT2D eigenvalue weighted by Crippen LogP contribution is -2.27. The second-order valence-electron chi connectivity index (χ2n) is 4.32. The molecule has 0 bridgehead atoms. The van der Waals surface area contributed by atoms with Crippen molar-refractivity contribution in [1.29, 1.82) is 0 Å². The summed E-state index contributed by atoms with van der Waals surface area (Å²) in [6.07, 6.45) is 5.26. The zero-order valence-electron chi connectivity index (χ0n) is 10.5. The lowest BCUT2D eigenvalue weighted by molar-refractivity contribution is 0.494. The number of rotatable bonds is 7. The smallest absolute Gasteiger partial charge is 0.109 e. The van der Waals surface area contributed by atoms with Gasteiger partial charge in [0.05, 0.1) is 6.04 Å². The number of aromatic nitrogens is 1. The Bertz CT molecular complexity index is 298. The van der Waals surface area contributed by atoms with Gasteiger partial charge in [-0.05, 0) is 33.2 Å². The summed E-state index contributed by atoms with van der Waals surface area (Å²) in [5.74, 6) is 0. The normalized spacial score (nSPS) is 15.0. The molecule has 0 radical (unpaired) electrons. The van der Waals surface area contributed by atoms with E-state index in [2.05, 4.69) is 31.1 Å². The maximum absolute atomic E-state index is 5.96. The van der Waals surface area contributed by atoms with Gasteiger partial charge in [-0.1, -0.05) is 13.3 Å². The average Bonchev–Trinajstić information content (AvgIpc) is 2.65. The highest BCUT2D eigenvalue weighted by molar-refractivity contribution is 7.11. The highest BCUT2D eigenvalue weighted by atomic mass is 32.1. The molecule has 1 rings (SSSR count). The Morgan fingerprint density at radius 2 is 2.25 bits per heavy atom. The molecule has 0 fully saturated rings. The van der Waals surface area contributed by atoms with Gasteiger partial charge in [-0.15, -0.1) is 11.3 Å². The van der Waals surface area contributed by atoms with Gasteiger partial charge in [0, 0.05) is 17.1 Å². The second-order valence-corrected chi connectivity index (χ2v) is 5.59. The molecule has 3 N–H and O–H groups in total. The fraction of sp³-hybridized carbons (Fsp3) is 0.750. The van der Waals surface area contributed by atoms with Crippen molar-refractivity contribution in [2.45, 2.75) is 52.1 Å². The fourth-order valence-electron chi connectivity index (χ4n) is 1.66. The molecule has 2 unspecified atom stereocenters. The molecule has 1 aromatic rings. The summed E-state index contributed by atoms with van der Waals surface area (Å²) in [6.45, 7) is 7.39. The Balaban J connectivity index is 2.22. The molecule has 0 saturated carbocycles. The molecule has 0 aromatic carbocycles. The van der Waals surface area contributed by atoms with E-state index in [4.69, 9.17) is 5.73 Å². The summed E-state index contributed by atoms with van der Waals surface area (Å²) in [5.41, 5.74) is 5.96. The quantitative estimate of drug-likeness (QED) is 0.771. The van der Waals surface area contributed by atoms with E-state index in [1.807, 2.05) is 6.20 Å². The largest absolute Gasteiger partial charge is 0.328 e. The molecule has 0 spiro atoms. The number of nitrogens with two attached hydrogens (primary N) is 1. The van der Waals surface area contributed by atoms with E-state index < -0.39 is 0 Å². The molecular weight excluding hydrogens is 218 g/mol. The number of aryl methyl sites for hydroxylation is 1. The second kappa shape index (κ2) is 6.99. The van der Waals surface area contributed by atoms with Crippen molar-refractivity contribution in [3.05, 3.63) is 16.1 Å². The monoisotopic (exact) mass is 241 g/mol. The Labute approximate surface area is 102 Å². The van der Waals surface area contributed by atoms with Crippen molar-refractivity contribution in [3.63, 3.8) is 0 Å². The summed E-state index contributed by atoms with van der Waals surface area (Å²) in [4.78, 5) is 5.64. The summed E-state index contributed by atoms with van der Waals surface area (Å²) in [7, 11) is 0. The molecule has 3 nitrogen and oxygen atoms in total.